The standard InChI is InChI=1S/C11H14FN5/c1-2-17-8-15-16-11(17)7-14-5-9-3-10(12)6-13-4-9/h3-4,6,8,14H,2,5,7H2,1H3. The number of hydrogen-bond donors (Lipinski definition) is 1. The molecule has 2 aromatic rings. The van der Waals surface area contributed by atoms with Crippen molar-refractivity contribution in [2.24, 2.45) is 0 Å². The molecule has 1 N–H and O–H groups in total. The quantitative estimate of drug-likeness (QED) is 0.843. The van der Waals surface area contributed by atoms with Gasteiger partial charge >= 0.3 is 0 Å². The lowest BCUT2D eigenvalue weighted by Crippen LogP contribution is -2.16. The van der Waals surface area contributed by atoms with Gasteiger partial charge in [0.2, 0.25) is 0 Å². The van der Waals surface area contributed by atoms with Crippen LogP contribution >= 0.6 is 0 Å². The van der Waals surface area contributed by atoms with Crippen molar-refractivity contribution in [1.82, 2.24) is 25.1 Å². The maximum atomic E-state index is 12.9. The first-order chi connectivity index (χ1) is 8.29. The SMILES string of the molecule is CCn1cnnc1CNCc1cncc(F)c1. The van der Waals surface area contributed by atoms with Gasteiger partial charge in [-0.3, -0.25) is 4.98 Å². The first kappa shape index (κ1) is 11.7. The predicted octanol–water partition coefficient (Wildman–Crippen LogP) is 1.12. The van der Waals surface area contributed by atoms with Crippen LogP contribution in [0.1, 0.15) is 18.3 Å². The second kappa shape index (κ2) is 5.49. The molecule has 2 rings (SSSR count). The lowest BCUT2D eigenvalue weighted by atomic mass is 10.3. The van der Waals surface area contributed by atoms with E-state index in [2.05, 4.69) is 20.5 Å². The molecule has 5 nitrogen and oxygen atoms in total. The Morgan fingerprint density at radius 1 is 1.35 bits per heavy atom. The van der Waals surface area contributed by atoms with Crippen LogP contribution in [-0.2, 0) is 19.6 Å². The highest BCUT2D eigenvalue weighted by molar-refractivity contribution is 5.09. The summed E-state index contributed by atoms with van der Waals surface area (Å²) in [6.45, 7) is 4.03. The lowest BCUT2D eigenvalue weighted by Gasteiger charge is -2.05. The Balaban J connectivity index is 1.87. The summed E-state index contributed by atoms with van der Waals surface area (Å²) in [5.74, 6) is 0.554. The van der Waals surface area contributed by atoms with Crippen LogP contribution in [0.4, 0.5) is 4.39 Å². The first-order valence-corrected chi connectivity index (χ1v) is 5.46. The maximum Gasteiger partial charge on any atom is 0.146 e. The minimum Gasteiger partial charge on any atom is -0.317 e. The second-order valence-corrected chi connectivity index (χ2v) is 3.65. The Kier molecular flexibility index (Phi) is 3.77. The lowest BCUT2D eigenvalue weighted by molar-refractivity contribution is 0.597. The molecule has 2 heterocycles. The molecule has 0 atom stereocenters. The monoisotopic (exact) mass is 235 g/mol. The molecule has 17 heavy (non-hydrogen) atoms. The molecule has 0 spiro atoms. The molecule has 0 aromatic carbocycles. The van der Waals surface area contributed by atoms with E-state index in [1.165, 1.54) is 12.3 Å². The fourth-order valence-corrected chi connectivity index (χ4v) is 1.55. The zero-order chi connectivity index (χ0) is 12.1. The minimum absolute atomic E-state index is 0.318. The third kappa shape index (κ3) is 3.07. The highest BCUT2D eigenvalue weighted by atomic mass is 19.1. The zero-order valence-electron chi connectivity index (χ0n) is 9.60. The normalized spacial score (nSPS) is 10.7. The highest BCUT2D eigenvalue weighted by Crippen LogP contribution is 2.01. The Labute approximate surface area is 98.7 Å². The van der Waals surface area contributed by atoms with Crippen LogP contribution in [0.3, 0.4) is 0 Å². The van der Waals surface area contributed by atoms with Crippen LogP contribution in [-0.4, -0.2) is 19.7 Å². The smallest absolute Gasteiger partial charge is 0.146 e. The van der Waals surface area contributed by atoms with Gasteiger partial charge < -0.3 is 9.88 Å². The highest BCUT2D eigenvalue weighted by Gasteiger charge is 2.02. The van der Waals surface area contributed by atoms with Crippen molar-refractivity contribution in [3.63, 3.8) is 0 Å². The molecule has 0 aliphatic heterocycles. The van der Waals surface area contributed by atoms with Gasteiger partial charge in [-0.2, -0.15) is 0 Å². The van der Waals surface area contributed by atoms with Gasteiger partial charge in [0.25, 0.3) is 0 Å². The van der Waals surface area contributed by atoms with Crippen molar-refractivity contribution < 1.29 is 4.39 Å². The summed E-state index contributed by atoms with van der Waals surface area (Å²) in [5, 5.41) is 11.0. The summed E-state index contributed by atoms with van der Waals surface area (Å²) >= 11 is 0. The topological polar surface area (TPSA) is 55.6 Å². The number of aromatic nitrogens is 4. The van der Waals surface area contributed by atoms with Gasteiger partial charge in [-0.05, 0) is 18.6 Å². The number of rotatable bonds is 5. The van der Waals surface area contributed by atoms with E-state index in [1.54, 1.807) is 12.5 Å². The summed E-state index contributed by atoms with van der Waals surface area (Å²) in [7, 11) is 0. The molecule has 2 aromatic heterocycles. The molecule has 0 unspecified atom stereocenters. The molecule has 0 saturated heterocycles. The average molecular weight is 235 g/mol. The predicted molar refractivity (Wildman–Crippen MR) is 60.4 cm³/mol. The maximum absolute atomic E-state index is 12.9. The van der Waals surface area contributed by atoms with Crippen LogP contribution in [0.15, 0.2) is 24.8 Å². The fraction of sp³-hybridized carbons (Fsp3) is 0.364. The van der Waals surface area contributed by atoms with Gasteiger partial charge in [0, 0.05) is 19.3 Å². The average Bonchev–Trinajstić information content (AvgIpc) is 2.77. The zero-order valence-corrected chi connectivity index (χ0v) is 9.60. The van der Waals surface area contributed by atoms with E-state index in [1.807, 2.05) is 11.5 Å². The van der Waals surface area contributed by atoms with Gasteiger partial charge in [-0.15, -0.1) is 10.2 Å². The molecule has 90 valence electrons. The van der Waals surface area contributed by atoms with Crippen molar-refractivity contribution in [1.29, 1.82) is 0 Å². The van der Waals surface area contributed by atoms with Crippen molar-refractivity contribution in [2.45, 2.75) is 26.6 Å². The van der Waals surface area contributed by atoms with Gasteiger partial charge in [-0.25, -0.2) is 4.39 Å². The molecule has 6 heteroatoms. The van der Waals surface area contributed by atoms with Crippen LogP contribution in [0.5, 0.6) is 0 Å². The Morgan fingerprint density at radius 2 is 2.24 bits per heavy atom. The van der Waals surface area contributed by atoms with Crippen LogP contribution in [0.2, 0.25) is 0 Å². The van der Waals surface area contributed by atoms with E-state index in [-0.39, 0.29) is 5.82 Å². The van der Waals surface area contributed by atoms with Crippen molar-refractivity contribution in [2.75, 3.05) is 0 Å². The van der Waals surface area contributed by atoms with E-state index in [9.17, 15) is 4.39 Å². The largest absolute Gasteiger partial charge is 0.317 e. The Bertz CT molecular complexity index is 482. The molecular weight excluding hydrogens is 221 g/mol. The number of nitrogens with zero attached hydrogens (tertiary/aromatic N) is 4. The fourth-order valence-electron chi connectivity index (χ4n) is 1.55. The van der Waals surface area contributed by atoms with E-state index in [0.717, 1.165) is 17.9 Å². The van der Waals surface area contributed by atoms with Crippen molar-refractivity contribution >= 4 is 0 Å². The first-order valence-electron chi connectivity index (χ1n) is 5.46. The third-order valence-corrected chi connectivity index (χ3v) is 2.41. The Morgan fingerprint density at radius 3 is 3.00 bits per heavy atom. The van der Waals surface area contributed by atoms with Crippen molar-refractivity contribution in [3.05, 3.63) is 42.0 Å². The summed E-state index contributed by atoms with van der Waals surface area (Å²) in [6, 6.07) is 1.46. The summed E-state index contributed by atoms with van der Waals surface area (Å²) < 4.78 is 14.8. The summed E-state index contributed by atoms with van der Waals surface area (Å²) in [4.78, 5) is 3.79. The van der Waals surface area contributed by atoms with E-state index in [0.29, 0.717) is 13.1 Å². The third-order valence-electron chi connectivity index (χ3n) is 2.41. The number of aryl methyl sites for hydroxylation is 1. The van der Waals surface area contributed by atoms with Crippen molar-refractivity contribution in [3.8, 4) is 0 Å². The summed E-state index contributed by atoms with van der Waals surface area (Å²) in [6.07, 6.45) is 4.53. The van der Waals surface area contributed by atoms with E-state index in [4.69, 9.17) is 0 Å². The molecule has 0 saturated carbocycles. The van der Waals surface area contributed by atoms with Crippen LogP contribution in [0.25, 0.3) is 0 Å². The van der Waals surface area contributed by atoms with Gasteiger partial charge in [0.15, 0.2) is 0 Å². The molecule has 0 aliphatic rings. The molecular formula is C11H14FN5. The second-order valence-electron chi connectivity index (χ2n) is 3.65. The molecule has 0 bridgehead atoms. The van der Waals surface area contributed by atoms with Gasteiger partial charge in [0.1, 0.15) is 18.0 Å². The molecule has 0 fully saturated rings. The van der Waals surface area contributed by atoms with Crippen LogP contribution < -0.4 is 5.32 Å². The van der Waals surface area contributed by atoms with E-state index < -0.39 is 0 Å². The van der Waals surface area contributed by atoms with Gasteiger partial charge in [-0.1, -0.05) is 0 Å². The molecule has 0 amide bonds. The molecule has 0 radical (unpaired) electrons. The van der Waals surface area contributed by atoms with Crippen LogP contribution in [0, 0.1) is 5.82 Å². The number of halogens is 1. The van der Waals surface area contributed by atoms with Gasteiger partial charge in [0.05, 0.1) is 12.7 Å². The van der Waals surface area contributed by atoms with E-state index >= 15 is 0 Å². The minimum atomic E-state index is -0.318. The Hall–Kier alpha value is -1.82. The number of nitrogens with one attached hydrogen (secondary N) is 1. The molecule has 0 aliphatic carbocycles. The number of hydrogen-bond acceptors (Lipinski definition) is 4. The summed E-state index contributed by atoms with van der Waals surface area (Å²) in [5.41, 5.74) is 0.813. The number of pyridine rings is 1.